The zero-order valence-corrected chi connectivity index (χ0v) is 13.9. The maximum absolute atomic E-state index is 4.72. The van der Waals surface area contributed by atoms with Crippen molar-refractivity contribution in [2.24, 2.45) is 7.05 Å². The Labute approximate surface area is 131 Å². The van der Waals surface area contributed by atoms with E-state index in [1.807, 2.05) is 30.0 Å². The highest BCUT2D eigenvalue weighted by molar-refractivity contribution is 7.22. The summed E-state index contributed by atoms with van der Waals surface area (Å²) < 4.78 is 3.02. The van der Waals surface area contributed by atoms with Crippen LogP contribution in [0.3, 0.4) is 0 Å². The first-order chi connectivity index (χ1) is 10.1. The topological polar surface area (TPSA) is 55.6 Å². The van der Waals surface area contributed by atoms with Crippen LogP contribution < -0.4 is 5.32 Å². The van der Waals surface area contributed by atoms with E-state index in [1.165, 1.54) is 28.1 Å². The predicted octanol–water partition coefficient (Wildman–Crippen LogP) is 3.59. The Morgan fingerprint density at radius 1 is 1.24 bits per heavy atom. The molecule has 0 saturated carbocycles. The minimum atomic E-state index is 0.299. The standard InChI is InChI=1S/C14H17N5S2/c1-7-12-13(19(3)18-7)17-14(21-12)16-9-5-4-6-10-11(9)15-8(2)20-10/h9H,4-6H2,1-3H3,(H,16,17). The number of nitrogens with zero attached hydrogens (tertiary/aromatic N) is 4. The molecule has 0 saturated heterocycles. The largest absolute Gasteiger partial charge is 0.353 e. The van der Waals surface area contributed by atoms with E-state index >= 15 is 0 Å². The Balaban J connectivity index is 1.67. The molecule has 0 amide bonds. The first-order valence-electron chi connectivity index (χ1n) is 7.14. The molecule has 4 rings (SSSR count). The number of fused-ring (bicyclic) bond motifs is 2. The van der Waals surface area contributed by atoms with E-state index in [4.69, 9.17) is 9.97 Å². The summed E-state index contributed by atoms with van der Waals surface area (Å²) in [5, 5.41) is 10.1. The fraction of sp³-hybridized carbons (Fsp3) is 0.500. The van der Waals surface area contributed by atoms with E-state index in [0.717, 1.165) is 27.9 Å². The van der Waals surface area contributed by atoms with Crippen LogP contribution in [0.25, 0.3) is 10.3 Å². The molecular weight excluding hydrogens is 302 g/mol. The number of aryl methyl sites for hydroxylation is 4. The highest BCUT2D eigenvalue weighted by atomic mass is 32.1. The summed E-state index contributed by atoms with van der Waals surface area (Å²) in [6, 6.07) is 0.299. The maximum atomic E-state index is 4.72. The normalized spacial score (nSPS) is 18.1. The van der Waals surface area contributed by atoms with Gasteiger partial charge in [0.25, 0.3) is 0 Å². The van der Waals surface area contributed by atoms with Gasteiger partial charge in [0.1, 0.15) is 0 Å². The van der Waals surface area contributed by atoms with Gasteiger partial charge >= 0.3 is 0 Å². The Morgan fingerprint density at radius 2 is 2.10 bits per heavy atom. The molecule has 0 spiro atoms. The summed E-state index contributed by atoms with van der Waals surface area (Å²) in [6.45, 7) is 4.12. The molecule has 0 radical (unpaired) electrons. The Hall–Kier alpha value is -1.47. The van der Waals surface area contributed by atoms with Crippen LogP contribution in [0.1, 0.15) is 40.2 Å². The molecule has 0 aromatic carbocycles. The van der Waals surface area contributed by atoms with Gasteiger partial charge in [0, 0.05) is 11.9 Å². The molecule has 1 aliphatic rings. The third-order valence-corrected chi connectivity index (χ3v) is 6.03. The van der Waals surface area contributed by atoms with Crippen LogP contribution in [0.2, 0.25) is 0 Å². The molecule has 3 heterocycles. The van der Waals surface area contributed by atoms with Crippen LogP contribution in [0.4, 0.5) is 5.13 Å². The van der Waals surface area contributed by atoms with Gasteiger partial charge in [0.05, 0.1) is 27.1 Å². The smallest absolute Gasteiger partial charge is 0.185 e. The van der Waals surface area contributed by atoms with Crippen LogP contribution in [-0.4, -0.2) is 19.7 Å². The second kappa shape index (κ2) is 4.78. The van der Waals surface area contributed by atoms with Crippen molar-refractivity contribution in [2.75, 3.05) is 5.32 Å². The summed E-state index contributed by atoms with van der Waals surface area (Å²) in [6.07, 6.45) is 3.52. The van der Waals surface area contributed by atoms with Gasteiger partial charge in [0.2, 0.25) is 0 Å². The second-order valence-electron chi connectivity index (χ2n) is 5.51. The number of nitrogens with one attached hydrogen (secondary N) is 1. The van der Waals surface area contributed by atoms with E-state index in [-0.39, 0.29) is 0 Å². The summed E-state index contributed by atoms with van der Waals surface area (Å²) >= 11 is 3.52. The monoisotopic (exact) mass is 319 g/mol. The zero-order valence-electron chi connectivity index (χ0n) is 12.3. The van der Waals surface area contributed by atoms with Crippen LogP contribution in [0, 0.1) is 13.8 Å². The van der Waals surface area contributed by atoms with E-state index in [1.54, 1.807) is 11.3 Å². The van der Waals surface area contributed by atoms with Crippen molar-refractivity contribution in [1.29, 1.82) is 0 Å². The lowest BCUT2D eigenvalue weighted by molar-refractivity contribution is 0.593. The van der Waals surface area contributed by atoms with Crippen molar-refractivity contribution in [1.82, 2.24) is 19.7 Å². The number of thiazole rings is 2. The molecule has 3 aromatic heterocycles. The quantitative estimate of drug-likeness (QED) is 0.784. The fourth-order valence-corrected chi connectivity index (χ4v) is 5.00. The van der Waals surface area contributed by atoms with Crippen LogP contribution in [0.5, 0.6) is 0 Å². The number of aromatic nitrogens is 4. The molecule has 1 N–H and O–H groups in total. The minimum absolute atomic E-state index is 0.299. The van der Waals surface area contributed by atoms with Crippen molar-refractivity contribution in [3.05, 3.63) is 21.3 Å². The number of hydrogen-bond donors (Lipinski definition) is 1. The van der Waals surface area contributed by atoms with Crippen molar-refractivity contribution in [3.8, 4) is 0 Å². The van der Waals surface area contributed by atoms with Gasteiger partial charge in [-0.1, -0.05) is 11.3 Å². The third-order valence-electron chi connectivity index (χ3n) is 3.90. The van der Waals surface area contributed by atoms with Crippen molar-refractivity contribution in [2.45, 2.75) is 39.2 Å². The molecule has 5 nitrogen and oxygen atoms in total. The summed E-state index contributed by atoms with van der Waals surface area (Å²) in [4.78, 5) is 10.9. The average Bonchev–Trinajstić information content (AvgIpc) is 3.07. The highest BCUT2D eigenvalue weighted by Crippen LogP contribution is 2.37. The SMILES string of the molecule is Cc1nc2c(s1)CCCC2Nc1nc2c(s1)c(C)nn2C. The van der Waals surface area contributed by atoms with Gasteiger partial charge in [0.15, 0.2) is 10.8 Å². The number of hydrogen-bond acceptors (Lipinski definition) is 6. The molecule has 0 aliphatic heterocycles. The van der Waals surface area contributed by atoms with Crippen molar-refractivity contribution in [3.63, 3.8) is 0 Å². The van der Waals surface area contributed by atoms with Gasteiger partial charge in [-0.3, -0.25) is 0 Å². The van der Waals surface area contributed by atoms with E-state index < -0.39 is 0 Å². The lowest BCUT2D eigenvalue weighted by atomic mass is 9.98. The first-order valence-corrected chi connectivity index (χ1v) is 8.78. The van der Waals surface area contributed by atoms with Gasteiger partial charge in [-0.15, -0.1) is 11.3 Å². The van der Waals surface area contributed by atoms with E-state index in [2.05, 4.69) is 17.3 Å². The van der Waals surface area contributed by atoms with Gasteiger partial charge in [-0.05, 0) is 33.1 Å². The van der Waals surface area contributed by atoms with Gasteiger partial charge < -0.3 is 5.32 Å². The maximum Gasteiger partial charge on any atom is 0.185 e. The zero-order chi connectivity index (χ0) is 14.6. The fourth-order valence-electron chi connectivity index (χ4n) is 2.98. The number of anilines is 1. The van der Waals surface area contributed by atoms with Crippen LogP contribution in [0.15, 0.2) is 0 Å². The molecule has 0 bridgehead atoms. The van der Waals surface area contributed by atoms with E-state index in [0.29, 0.717) is 6.04 Å². The number of rotatable bonds is 2. The summed E-state index contributed by atoms with van der Waals surface area (Å²) in [5.41, 5.74) is 3.25. The molecule has 1 aliphatic carbocycles. The van der Waals surface area contributed by atoms with Crippen LogP contribution >= 0.6 is 22.7 Å². The average molecular weight is 319 g/mol. The molecule has 7 heteroatoms. The lowest BCUT2D eigenvalue weighted by Gasteiger charge is -2.21. The second-order valence-corrected chi connectivity index (χ2v) is 7.80. The molecule has 110 valence electrons. The molecule has 3 aromatic rings. The van der Waals surface area contributed by atoms with Gasteiger partial charge in [-0.25, -0.2) is 14.6 Å². The van der Waals surface area contributed by atoms with Crippen molar-refractivity contribution >= 4 is 38.2 Å². The molecular formula is C14H17N5S2. The minimum Gasteiger partial charge on any atom is -0.353 e. The van der Waals surface area contributed by atoms with Crippen LogP contribution in [-0.2, 0) is 13.5 Å². The molecule has 1 unspecified atom stereocenters. The Morgan fingerprint density at radius 3 is 2.90 bits per heavy atom. The van der Waals surface area contributed by atoms with E-state index in [9.17, 15) is 0 Å². The molecule has 21 heavy (non-hydrogen) atoms. The third kappa shape index (κ3) is 2.15. The van der Waals surface area contributed by atoms with Crippen molar-refractivity contribution < 1.29 is 0 Å². The van der Waals surface area contributed by atoms with Gasteiger partial charge in [-0.2, -0.15) is 5.10 Å². The summed E-state index contributed by atoms with van der Waals surface area (Å²) in [7, 11) is 1.95. The first kappa shape index (κ1) is 13.2. The molecule has 0 fully saturated rings. The highest BCUT2D eigenvalue weighted by Gasteiger charge is 2.25. The molecule has 1 atom stereocenters. The summed E-state index contributed by atoms with van der Waals surface area (Å²) in [5.74, 6) is 0. The Kier molecular flexibility index (Phi) is 3.00. The Bertz CT molecular complexity index is 778. The predicted molar refractivity (Wildman–Crippen MR) is 87.3 cm³/mol. The lowest BCUT2D eigenvalue weighted by Crippen LogP contribution is -2.16.